The van der Waals surface area contributed by atoms with Gasteiger partial charge in [-0.3, -0.25) is 4.79 Å². The number of nitrogens with one attached hydrogen (secondary N) is 1. The average Bonchev–Trinajstić information content (AvgIpc) is 3.21. The summed E-state index contributed by atoms with van der Waals surface area (Å²) in [6, 6.07) is 0.189. The second-order valence-electron chi connectivity index (χ2n) is 6.76. The van der Waals surface area contributed by atoms with E-state index >= 15 is 0 Å². The Kier molecular flexibility index (Phi) is 6.97. The van der Waals surface area contributed by atoms with Crippen LogP contribution in [0.5, 0.6) is 0 Å². The molecule has 0 aliphatic heterocycles. The molecule has 1 unspecified atom stereocenters. The second kappa shape index (κ2) is 8.74. The molecule has 2 aliphatic carbocycles. The molecule has 21 heavy (non-hydrogen) atoms. The lowest BCUT2D eigenvalue weighted by Crippen LogP contribution is -2.50. The van der Waals surface area contributed by atoms with Crippen LogP contribution in [0.1, 0.15) is 77.6 Å². The SMILES string of the molecule is CCC[C@H](N)C(OC1CCCCCCC1)C(=O)NC1CC1. The summed E-state index contributed by atoms with van der Waals surface area (Å²) in [5.41, 5.74) is 6.23. The first-order chi connectivity index (χ1) is 10.2. The third-order valence-corrected chi connectivity index (χ3v) is 4.58. The van der Waals surface area contributed by atoms with Gasteiger partial charge in [-0.25, -0.2) is 0 Å². The third-order valence-electron chi connectivity index (χ3n) is 4.58. The molecule has 0 aromatic rings. The minimum Gasteiger partial charge on any atom is -0.364 e. The molecule has 0 aromatic heterocycles. The van der Waals surface area contributed by atoms with Crippen molar-refractivity contribution in [3.63, 3.8) is 0 Å². The van der Waals surface area contributed by atoms with E-state index in [1.165, 1.54) is 32.1 Å². The van der Waals surface area contributed by atoms with E-state index in [0.29, 0.717) is 6.04 Å². The predicted molar refractivity (Wildman–Crippen MR) is 85.0 cm³/mol. The van der Waals surface area contributed by atoms with E-state index in [9.17, 15) is 4.79 Å². The highest BCUT2D eigenvalue weighted by Gasteiger charge is 2.33. The van der Waals surface area contributed by atoms with Crippen LogP contribution in [-0.4, -0.2) is 30.2 Å². The van der Waals surface area contributed by atoms with Gasteiger partial charge in [0.25, 0.3) is 5.91 Å². The molecule has 0 heterocycles. The fourth-order valence-electron chi connectivity index (χ4n) is 3.11. The molecule has 2 atom stereocenters. The summed E-state index contributed by atoms with van der Waals surface area (Å²) in [6.45, 7) is 2.10. The molecule has 2 rings (SSSR count). The van der Waals surface area contributed by atoms with Crippen LogP contribution in [0.25, 0.3) is 0 Å². The lowest BCUT2D eigenvalue weighted by atomic mass is 9.98. The molecule has 122 valence electrons. The van der Waals surface area contributed by atoms with Crippen molar-refractivity contribution in [2.24, 2.45) is 5.73 Å². The van der Waals surface area contributed by atoms with Crippen LogP contribution < -0.4 is 11.1 Å². The number of carbonyl (C=O) groups excluding carboxylic acids is 1. The van der Waals surface area contributed by atoms with Crippen LogP contribution in [0, 0.1) is 0 Å². The molecule has 0 radical (unpaired) electrons. The summed E-state index contributed by atoms with van der Waals surface area (Å²) in [5.74, 6) is 0.0144. The Labute approximate surface area is 129 Å². The van der Waals surface area contributed by atoms with Crippen molar-refractivity contribution in [2.45, 2.75) is 102 Å². The molecule has 2 fully saturated rings. The monoisotopic (exact) mass is 296 g/mol. The van der Waals surface area contributed by atoms with Gasteiger partial charge in [0.05, 0.1) is 6.10 Å². The maximum atomic E-state index is 12.4. The topological polar surface area (TPSA) is 64.3 Å². The number of rotatable bonds is 7. The fraction of sp³-hybridized carbons (Fsp3) is 0.941. The Morgan fingerprint density at radius 2 is 1.76 bits per heavy atom. The third kappa shape index (κ3) is 5.95. The van der Waals surface area contributed by atoms with Crippen LogP contribution in [-0.2, 0) is 9.53 Å². The van der Waals surface area contributed by atoms with E-state index in [2.05, 4.69) is 12.2 Å². The standard InChI is InChI=1S/C17H32N2O2/c1-2-8-15(18)16(17(20)19-13-11-12-13)21-14-9-6-4-3-5-7-10-14/h13-16H,2-12,18H2,1H3,(H,19,20)/t15-,16?/m0/s1. The Bertz CT molecular complexity index is 310. The van der Waals surface area contributed by atoms with Crippen molar-refractivity contribution >= 4 is 5.91 Å². The summed E-state index contributed by atoms with van der Waals surface area (Å²) in [4.78, 5) is 12.4. The van der Waals surface area contributed by atoms with Crippen molar-refractivity contribution in [1.82, 2.24) is 5.32 Å². The summed E-state index contributed by atoms with van der Waals surface area (Å²) >= 11 is 0. The number of nitrogens with two attached hydrogens (primary N) is 1. The predicted octanol–water partition coefficient (Wildman–Crippen LogP) is 2.89. The normalized spacial score (nSPS) is 23.9. The van der Waals surface area contributed by atoms with Gasteiger partial charge in [-0.1, -0.05) is 45.4 Å². The molecule has 0 saturated heterocycles. The van der Waals surface area contributed by atoms with E-state index in [1.807, 2.05) is 0 Å². The number of amides is 1. The van der Waals surface area contributed by atoms with E-state index in [1.54, 1.807) is 0 Å². The Balaban J connectivity index is 1.90. The van der Waals surface area contributed by atoms with Crippen LogP contribution >= 0.6 is 0 Å². The molecule has 0 bridgehead atoms. The average molecular weight is 296 g/mol. The highest BCUT2D eigenvalue weighted by atomic mass is 16.5. The molecule has 3 N–H and O–H groups in total. The highest BCUT2D eigenvalue weighted by molar-refractivity contribution is 5.82. The van der Waals surface area contributed by atoms with Crippen molar-refractivity contribution in [2.75, 3.05) is 0 Å². The number of ether oxygens (including phenoxy) is 1. The van der Waals surface area contributed by atoms with Gasteiger partial charge in [0.2, 0.25) is 0 Å². The first kappa shape index (κ1) is 16.8. The van der Waals surface area contributed by atoms with Crippen LogP contribution in [0.4, 0.5) is 0 Å². The van der Waals surface area contributed by atoms with E-state index in [-0.39, 0.29) is 18.1 Å². The summed E-state index contributed by atoms with van der Waals surface area (Å²) in [7, 11) is 0. The maximum absolute atomic E-state index is 12.4. The number of carbonyl (C=O) groups is 1. The lowest BCUT2D eigenvalue weighted by molar-refractivity contribution is -0.139. The molecule has 2 saturated carbocycles. The minimum atomic E-state index is -0.463. The van der Waals surface area contributed by atoms with Gasteiger partial charge in [0.15, 0.2) is 6.10 Å². The van der Waals surface area contributed by atoms with Gasteiger partial charge in [0, 0.05) is 12.1 Å². The maximum Gasteiger partial charge on any atom is 0.250 e. The van der Waals surface area contributed by atoms with Gasteiger partial charge in [-0.15, -0.1) is 0 Å². The first-order valence-corrected chi connectivity index (χ1v) is 8.92. The van der Waals surface area contributed by atoms with Gasteiger partial charge in [0.1, 0.15) is 0 Å². The quantitative estimate of drug-likeness (QED) is 0.759. The molecule has 0 spiro atoms. The molecule has 4 nitrogen and oxygen atoms in total. The molecule has 4 heteroatoms. The second-order valence-corrected chi connectivity index (χ2v) is 6.76. The summed E-state index contributed by atoms with van der Waals surface area (Å²) < 4.78 is 6.19. The van der Waals surface area contributed by atoms with Crippen LogP contribution in [0.2, 0.25) is 0 Å². The van der Waals surface area contributed by atoms with Crippen molar-refractivity contribution in [3.05, 3.63) is 0 Å². The Hall–Kier alpha value is -0.610. The zero-order chi connectivity index (χ0) is 15.1. The van der Waals surface area contributed by atoms with Gasteiger partial charge in [-0.2, -0.15) is 0 Å². The smallest absolute Gasteiger partial charge is 0.250 e. The Morgan fingerprint density at radius 3 is 2.33 bits per heavy atom. The largest absolute Gasteiger partial charge is 0.364 e. The lowest BCUT2D eigenvalue weighted by Gasteiger charge is -2.29. The molecule has 0 aromatic carbocycles. The Morgan fingerprint density at radius 1 is 1.14 bits per heavy atom. The zero-order valence-electron chi connectivity index (χ0n) is 13.5. The van der Waals surface area contributed by atoms with Crippen LogP contribution in [0.3, 0.4) is 0 Å². The van der Waals surface area contributed by atoms with Gasteiger partial charge < -0.3 is 15.8 Å². The van der Waals surface area contributed by atoms with Gasteiger partial charge in [-0.05, 0) is 32.1 Å². The molecular weight excluding hydrogens is 264 g/mol. The molecule has 2 aliphatic rings. The van der Waals surface area contributed by atoms with Gasteiger partial charge >= 0.3 is 0 Å². The molecule has 1 amide bonds. The molecular formula is C17H32N2O2. The zero-order valence-corrected chi connectivity index (χ0v) is 13.5. The summed E-state index contributed by atoms with van der Waals surface area (Å²) in [6.07, 6.45) is 12.3. The highest BCUT2D eigenvalue weighted by Crippen LogP contribution is 2.23. The van der Waals surface area contributed by atoms with E-state index < -0.39 is 6.10 Å². The van der Waals surface area contributed by atoms with E-state index in [4.69, 9.17) is 10.5 Å². The van der Waals surface area contributed by atoms with Crippen molar-refractivity contribution < 1.29 is 9.53 Å². The number of hydrogen-bond donors (Lipinski definition) is 2. The van der Waals surface area contributed by atoms with Crippen LogP contribution in [0.15, 0.2) is 0 Å². The summed E-state index contributed by atoms with van der Waals surface area (Å²) in [5, 5.41) is 3.07. The number of hydrogen-bond acceptors (Lipinski definition) is 3. The first-order valence-electron chi connectivity index (χ1n) is 8.92. The fourth-order valence-corrected chi connectivity index (χ4v) is 3.11. The van der Waals surface area contributed by atoms with Crippen molar-refractivity contribution in [1.29, 1.82) is 0 Å². The minimum absolute atomic E-state index is 0.0144. The van der Waals surface area contributed by atoms with E-state index in [0.717, 1.165) is 38.5 Å². The van der Waals surface area contributed by atoms with Crippen molar-refractivity contribution in [3.8, 4) is 0 Å².